The van der Waals surface area contributed by atoms with Crippen LogP contribution in [0.5, 0.6) is 0 Å². The summed E-state index contributed by atoms with van der Waals surface area (Å²) in [4.78, 5) is 11.9. The molecule has 0 aliphatic carbocycles. The van der Waals surface area contributed by atoms with Crippen LogP contribution in [0.1, 0.15) is 21.5 Å². The highest BCUT2D eigenvalue weighted by molar-refractivity contribution is 7.14. The highest BCUT2D eigenvalue weighted by Crippen LogP contribution is 2.32. The molecule has 0 spiro atoms. The van der Waals surface area contributed by atoms with Gasteiger partial charge in [-0.3, -0.25) is 4.79 Å². The summed E-state index contributed by atoms with van der Waals surface area (Å²) in [6.45, 7) is 4.19. The maximum absolute atomic E-state index is 10.9. The van der Waals surface area contributed by atoms with Gasteiger partial charge in [0.2, 0.25) is 0 Å². The van der Waals surface area contributed by atoms with Crippen LogP contribution >= 0.6 is 11.3 Å². The van der Waals surface area contributed by atoms with Crippen molar-refractivity contribution < 1.29 is 4.79 Å². The van der Waals surface area contributed by atoms with E-state index in [0.717, 1.165) is 16.7 Å². The maximum Gasteiger partial charge on any atom is 0.151 e. The highest BCUT2D eigenvalue weighted by atomic mass is 32.1. The van der Waals surface area contributed by atoms with Crippen LogP contribution < -0.4 is 0 Å². The molecule has 76 valence electrons. The lowest BCUT2D eigenvalue weighted by Gasteiger charge is -2.07. The molecule has 0 atom stereocenters. The first-order valence-corrected chi connectivity index (χ1v) is 5.71. The molecule has 1 aromatic heterocycles. The fourth-order valence-electron chi connectivity index (χ4n) is 1.63. The van der Waals surface area contributed by atoms with E-state index in [9.17, 15) is 4.79 Å². The van der Waals surface area contributed by atoms with Gasteiger partial charge < -0.3 is 0 Å². The molecule has 15 heavy (non-hydrogen) atoms. The molecule has 1 heterocycles. The molecule has 0 aliphatic heterocycles. The highest BCUT2D eigenvalue weighted by Gasteiger charge is 2.09. The topological polar surface area (TPSA) is 17.1 Å². The van der Waals surface area contributed by atoms with Crippen LogP contribution in [0, 0.1) is 13.8 Å². The van der Waals surface area contributed by atoms with Crippen molar-refractivity contribution in [3.8, 4) is 10.4 Å². The van der Waals surface area contributed by atoms with Crippen molar-refractivity contribution in [2.45, 2.75) is 13.8 Å². The van der Waals surface area contributed by atoms with Gasteiger partial charge >= 0.3 is 0 Å². The minimum absolute atomic E-state index is 0.786. The zero-order valence-electron chi connectivity index (χ0n) is 8.78. The van der Waals surface area contributed by atoms with E-state index in [4.69, 9.17) is 0 Å². The molecule has 1 nitrogen and oxygen atoms in total. The Hall–Kier alpha value is -1.41. The summed E-state index contributed by atoms with van der Waals surface area (Å²) in [6.07, 6.45) is 0.924. The number of benzene rings is 1. The van der Waals surface area contributed by atoms with E-state index in [1.165, 1.54) is 16.7 Å². The average Bonchev–Trinajstić information content (AvgIpc) is 2.70. The Morgan fingerprint density at radius 1 is 1.20 bits per heavy atom. The van der Waals surface area contributed by atoms with Gasteiger partial charge in [-0.15, -0.1) is 11.3 Å². The number of aldehydes is 1. The van der Waals surface area contributed by atoms with Gasteiger partial charge in [0, 0.05) is 10.4 Å². The Kier molecular flexibility index (Phi) is 2.69. The Bertz CT molecular complexity index is 497. The SMILES string of the molecule is Cc1cccc(-c2sccc2C=O)c1C. The molecule has 0 saturated heterocycles. The normalized spacial score (nSPS) is 10.3. The van der Waals surface area contributed by atoms with Gasteiger partial charge in [-0.05, 0) is 42.0 Å². The average molecular weight is 216 g/mol. The van der Waals surface area contributed by atoms with E-state index in [0.29, 0.717) is 0 Å². The third kappa shape index (κ3) is 1.73. The number of aryl methyl sites for hydroxylation is 1. The summed E-state index contributed by atoms with van der Waals surface area (Å²) in [7, 11) is 0. The predicted molar refractivity (Wildman–Crippen MR) is 64.6 cm³/mol. The monoisotopic (exact) mass is 216 g/mol. The molecule has 0 aliphatic rings. The Morgan fingerprint density at radius 2 is 2.00 bits per heavy atom. The van der Waals surface area contributed by atoms with Gasteiger partial charge in [-0.1, -0.05) is 18.2 Å². The van der Waals surface area contributed by atoms with E-state index < -0.39 is 0 Å². The summed E-state index contributed by atoms with van der Waals surface area (Å²) in [5.74, 6) is 0. The molecule has 2 aromatic rings. The maximum atomic E-state index is 10.9. The van der Waals surface area contributed by atoms with E-state index >= 15 is 0 Å². The van der Waals surface area contributed by atoms with Crippen molar-refractivity contribution in [2.75, 3.05) is 0 Å². The second kappa shape index (κ2) is 3.99. The summed E-state index contributed by atoms with van der Waals surface area (Å²) < 4.78 is 0. The van der Waals surface area contributed by atoms with Gasteiger partial charge in [0.1, 0.15) is 0 Å². The smallest absolute Gasteiger partial charge is 0.151 e. The lowest BCUT2D eigenvalue weighted by Crippen LogP contribution is -1.87. The van der Waals surface area contributed by atoms with E-state index in [1.54, 1.807) is 11.3 Å². The van der Waals surface area contributed by atoms with Crippen molar-refractivity contribution in [3.63, 3.8) is 0 Å². The minimum atomic E-state index is 0.786. The third-order valence-corrected chi connectivity index (χ3v) is 3.64. The fraction of sp³-hybridized carbons (Fsp3) is 0.154. The molecular weight excluding hydrogens is 204 g/mol. The van der Waals surface area contributed by atoms with Crippen LogP contribution in [-0.2, 0) is 0 Å². The first-order valence-electron chi connectivity index (χ1n) is 4.83. The minimum Gasteiger partial charge on any atom is -0.298 e. The lowest BCUT2D eigenvalue weighted by molar-refractivity contribution is 0.112. The van der Waals surface area contributed by atoms with Crippen LogP contribution in [0.3, 0.4) is 0 Å². The Balaban J connectivity index is 2.64. The van der Waals surface area contributed by atoms with Crippen molar-refractivity contribution >= 4 is 17.6 Å². The molecule has 0 unspecified atom stereocenters. The van der Waals surface area contributed by atoms with Crippen LogP contribution in [0.15, 0.2) is 29.6 Å². The molecule has 2 heteroatoms. The Labute approximate surface area is 93.4 Å². The lowest BCUT2D eigenvalue weighted by atomic mass is 10.0. The number of carbonyl (C=O) groups excluding carboxylic acids is 1. The number of rotatable bonds is 2. The van der Waals surface area contributed by atoms with Crippen LogP contribution in [0.2, 0.25) is 0 Å². The predicted octanol–water partition coefficient (Wildman–Crippen LogP) is 3.84. The van der Waals surface area contributed by atoms with Crippen LogP contribution in [-0.4, -0.2) is 6.29 Å². The number of thiophene rings is 1. The zero-order chi connectivity index (χ0) is 10.8. The molecule has 0 N–H and O–H groups in total. The molecular formula is C13H12OS. The van der Waals surface area contributed by atoms with Gasteiger partial charge in [0.25, 0.3) is 0 Å². The fourth-order valence-corrected chi connectivity index (χ4v) is 2.58. The molecule has 0 saturated carbocycles. The first kappa shape index (κ1) is 10.1. The standard InChI is InChI=1S/C13H12OS/c1-9-4-3-5-12(10(9)2)13-11(8-14)6-7-15-13/h3-8H,1-2H3. The van der Waals surface area contributed by atoms with Crippen molar-refractivity contribution in [2.24, 2.45) is 0 Å². The number of hydrogen-bond acceptors (Lipinski definition) is 2. The number of carbonyl (C=O) groups is 1. The van der Waals surface area contributed by atoms with Crippen LogP contribution in [0.25, 0.3) is 10.4 Å². The van der Waals surface area contributed by atoms with Gasteiger partial charge in [-0.25, -0.2) is 0 Å². The second-order valence-electron chi connectivity index (χ2n) is 3.57. The van der Waals surface area contributed by atoms with Crippen molar-refractivity contribution in [1.82, 2.24) is 0 Å². The number of hydrogen-bond donors (Lipinski definition) is 0. The molecule has 2 rings (SSSR count). The molecule has 1 aromatic carbocycles. The summed E-state index contributed by atoms with van der Waals surface area (Å²) in [6, 6.07) is 8.06. The van der Waals surface area contributed by atoms with Crippen molar-refractivity contribution in [1.29, 1.82) is 0 Å². The van der Waals surface area contributed by atoms with E-state index in [-0.39, 0.29) is 0 Å². The van der Waals surface area contributed by atoms with E-state index in [2.05, 4.69) is 26.0 Å². The summed E-state index contributed by atoms with van der Waals surface area (Å²) in [5.41, 5.74) is 4.47. The molecule has 0 radical (unpaired) electrons. The van der Waals surface area contributed by atoms with Crippen LogP contribution in [0.4, 0.5) is 0 Å². The molecule has 0 bridgehead atoms. The van der Waals surface area contributed by atoms with Gasteiger partial charge in [0.05, 0.1) is 0 Å². The quantitative estimate of drug-likeness (QED) is 0.697. The Morgan fingerprint density at radius 3 is 2.73 bits per heavy atom. The molecule has 0 amide bonds. The third-order valence-electron chi connectivity index (χ3n) is 2.67. The largest absolute Gasteiger partial charge is 0.298 e. The molecule has 0 fully saturated rings. The summed E-state index contributed by atoms with van der Waals surface area (Å²) in [5, 5.41) is 1.96. The summed E-state index contributed by atoms with van der Waals surface area (Å²) >= 11 is 1.62. The van der Waals surface area contributed by atoms with Crippen molar-refractivity contribution in [3.05, 3.63) is 46.3 Å². The first-order chi connectivity index (χ1) is 7.24. The van der Waals surface area contributed by atoms with Gasteiger partial charge in [-0.2, -0.15) is 0 Å². The van der Waals surface area contributed by atoms with E-state index in [1.807, 2.05) is 17.5 Å². The zero-order valence-corrected chi connectivity index (χ0v) is 9.60. The van der Waals surface area contributed by atoms with Gasteiger partial charge in [0.15, 0.2) is 6.29 Å². The second-order valence-corrected chi connectivity index (χ2v) is 4.49.